The monoisotopic (exact) mass is 148 g/mol. The maximum Gasteiger partial charge on any atom is 0.0900 e. The van der Waals surface area contributed by atoms with Crippen LogP contribution >= 0.6 is 11.8 Å². The standard InChI is InChI=1S/C6H12O2S/c1-7-2-3-9-5-6-4-8-6/h6H,2-5H2,1H3/t6-/m0/s1. The summed E-state index contributed by atoms with van der Waals surface area (Å²) in [4.78, 5) is 0. The lowest BCUT2D eigenvalue weighted by Crippen LogP contribution is -1.96. The fourth-order valence-corrected chi connectivity index (χ4v) is 1.43. The van der Waals surface area contributed by atoms with Crippen molar-refractivity contribution in [2.24, 2.45) is 0 Å². The van der Waals surface area contributed by atoms with Crippen molar-refractivity contribution in [3.05, 3.63) is 0 Å². The first-order valence-electron chi connectivity index (χ1n) is 3.12. The molecule has 0 saturated carbocycles. The summed E-state index contributed by atoms with van der Waals surface area (Å²) in [6.45, 7) is 1.83. The van der Waals surface area contributed by atoms with Crippen molar-refractivity contribution in [3.8, 4) is 0 Å². The lowest BCUT2D eigenvalue weighted by molar-refractivity contribution is 0.218. The van der Waals surface area contributed by atoms with Gasteiger partial charge in [0.25, 0.3) is 0 Å². The molecule has 9 heavy (non-hydrogen) atoms. The van der Waals surface area contributed by atoms with Crippen molar-refractivity contribution in [2.45, 2.75) is 6.10 Å². The third kappa shape index (κ3) is 3.78. The van der Waals surface area contributed by atoms with Gasteiger partial charge in [-0.15, -0.1) is 0 Å². The SMILES string of the molecule is COCCSC[C@@H]1CO1. The first-order valence-corrected chi connectivity index (χ1v) is 4.27. The summed E-state index contributed by atoms with van der Waals surface area (Å²) in [7, 11) is 1.73. The van der Waals surface area contributed by atoms with Gasteiger partial charge in [-0.1, -0.05) is 0 Å². The highest BCUT2D eigenvalue weighted by molar-refractivity contribution is 7.99. The maximum atomic E-state index is 5.03. The lowest BCUT2D eigenvalue weighted by atomic mass is 10.6. The Morgan fingerprint density at radius 3 is 3.11 bits per heavy atom. The van der Waals surface area contributed by atoms with E-state index in [4.69, 9.17) is 9.47 Å². The number of methoxy groups -OCH3 is 1. The maximum absolute atomic E-state index is 5.03. The van der Waals surface area contributed by atoms with E-state index in [1.165, 1.54) is 0 Å². The van der Waals surface area contributed by atoms with E-state index < -0.39 is 0 Å². The van der Waals surface area contributed by atoms with E-state index in [0.717, 1.165) is 24.7 Å². The number of rotatable bonds is 5. The zero-order valence-electron chi connectivity index (χ0n) is 5.63. The third-order valence-electron chi connectivity index (χ3n) is 1.14. The van der Waals surface area contributed by atoms with Crippen molar-refractivity contribution in [1.82, 2.24) is 0 Å². The molecule has 1 rings (SSSR count). The van der Waals surface area contributed by atoms with Gasteiger partial charge < -0.3 is 9.47 Å². The van der Waals surface area contributed by atoms with Crippen LogP contribution in [0.2, 0.25) is 0 Å². The van der Waals surface area contributed by atoms with Crippen LogP contribution in [0.15, 0.2) is 0 Å². The van der Waals surface area contributed by atoms with Crippen molar-refractivity contribution in [2.75, 3.05) is 31.8 Å². The van der Waals surface area contributed by atoms with Crippen molar-refractivity contribution in [3.63, 3.8) is 0 Å². The minimum absolute atomic E-state index is 0.562. The largest absolute Gasteiger partial charge is 0.384 e. The highest BCUT2D eigenvalue weighted by Gasteiger charge is 2.21. The van der Waals surface area contributed by atoms with Gasteiger partial charge in [0.15, 0.2) is 0 Å². The van der Waals surface area contributed by atoms with Crippen LogP contribution in [0, 0.1) is 0 Å². The van der Waals surface area contributed by atoms with Crippen LogP contribution in [-0.4, -0.2) is 37.9 Å². The Balaban J connectivity index is 1.71. The molecule has 0 radical (unpaired) electrons. The van der Waals surface area contributed by atoms with Crippen LogP contribution in [0.3, 0.4) is 0 Å². The second kappa shape index (κ2) is 4.14. The van der Waals surface area contributed by atoms with E-state index >= 15 is 0 Å². The minimum atomic E-state index is 0.562. The molecule has 1 fully saturated rings. The molecular formula is C6H12O2S. The molecule has 1 saturated heterocycles. The second-order valence-corrected chi connectivity index (χ2v) is 3.17. The molecule has 0 aromatic rings. The summed E-state index contributed by atoms with van der Waals surface area (Å²) in [5, 5.41) is 0. The van der Waals surface area contributed by atoms with Gasteiger partial charge in [-0.2, -0.15) is 11.8 Å². The molecule has 0 bridgehead atoms. The topological polar surface area (TPSA) is 21.8 Å². The second-order valence-electron chi connectivity index (χ2n) is 2.02. The summed E-state index contributed by atoms with van der Waals surface area (Å²) in [5.41, 5.74) is 0. The molecule has 1 aliphatic rings. The molecule has 0 aromatic carbocycles. The van der Waals surface area contributed by atoms with Crippen molar-refractivity contribution >= 4 is 11.8 Å². The molecule has 54 valence electrons. The molecule has 0 amide bonds. The van der Waals surface area contributed by atoms with E-state index in [0.29, 0.717) is 6.10 Å². The van der Waals surface area contributed by atoms with Crippen LogP contribution in [0.4, 0.5) is 0 Å². The molecule has 0 unspecified atom stereocenters. The minimum Gasteiger partial charge on any atom is -0.384 e. The quantitative estimate of drug-likeness (QED) is 0.424. The molecule has 0 N–H and O–H groups in total. The third-order valence-corrected chi connectivity index (χ3v) is 2.20. The summed E-state index contributed by atoms with van der Waals surface area (Å²) >= 11 is 1.90. The molecule has 3 heteroatoms. The van der Waals surface area contributed by atoms with Gasteiger partial charge in [0.1, 0.15) is 0 Å². The Labute approximate surface area is 59.9 Å². The molecule has 2 nitrogen and oxygen atoms in total. The number of ether oxygens (including phenoxy) is 2. The number of thioether (sulfide) groups is 1. The molecule has 0 aromatic heterocycles. The Bertz CT molecular complexity index is 73.5. The van der Waals surface area contributed by atoms with Gasteiger partial charge in [-0.3, -0.25) is 0 Å². The summed E-state index contributed by atoms with van der Waals surface area (Å²) < 4.78 is 9.91. The molecule has 1 heterocycles. The zero-order chi connectivity index (χ0) is 6.53. The van der Waals surface area contributed by atoms with Crippen LogP contribution < -0.4 is 0 Å². The van der Waals surface area contributed by atoms with E-state index in [2.05, 4.69) is 0 Å². The van der Waals surface area contributed by atoms with Crippen LogP contribution in [0.1, 0.15) is 0 Å². The molecular weight excluding hydrogens is 136 g/mol. The highest BCUT2D eigenvalue weighted by Crippen LogP contribution is 2.15. The normalized spacial score (nSPS) is 24.3. The van der Waals surface area contributed by atoms with Gasteiger partial charge >= 0.3 is 0 Å². The Morgan fingerprint density at radius 2 is 2.56 bits per heavy atom. The molecule has 0 aliphatic carbocycles. The van der Waals surface area contributed by atoms with Gasteiger partial charge in [0, 0.05) is 18.6 Å². The zero-order valence-corrected chi connectivity index (χ0v) is 6.45. The highest BCUT2D eigenvalue weighted by atomic mass is 32.2. The van der Waals surface area contributed by atoms with E-state index in [-0.39, 0.29) is 0 Å². The fraction of sp³-hybridized carbons (Fsp3) is 1.00. The van der Waals surface area contributed by atoms with Crippen molar-refractivity contribution in [1.29, 1.82) is 0 Å². The van der Waals surface area contributed by atoms with E-state index in [1.54, 1.807) is 7.11 Å². The van der Waals surface area contributed by atoms with E-state index in [9.17, 15) is 0 Å². The average molecular weight is 148 g/mol. The predicted octanol–water partition coefficient (Wildman–Crippen LogP) is 0.765. The summed E-state index contributed by atoms with van der Waals surface area (Å²) in [6, 6.07) is 0. The lowest BCUT2D eigenvalue weighted by Gasteiger charge is -1.95. The molecule has 1 aliphatic heterocycles. The molecule has 1 atom stereocenters. The number of hydrogen-bond acceptors (Lipinski definition) is 3. The summed E-state index contributed by atoms with van der Waals surface area (Å²) in [6.07, 6.45) is 0.562. The van der Waals surface area contributed by atoms with Crippen LogP contribution in [-0.2, 0) is 9.47 Å². The van der Waals surface area contributed by atoms with Gasteiger partial charge in [-0.05, 0) is 0 Å². The van der Waals surface area contributed by atoms with Crippen LogP contribution in [0.5, 0.6) is 0 Å². The fourth-order valence-electron chi connectivity index (χ4n) is 0.521. The van der Waals surface area contributed by atoms with Gasteiger partial charge in [0.05, 0.1) is 19.3 Å². The smallest absolute Gasteiger partial charge is 0.0900 e. The van der Waals surface area contributed by atoms with Crippen molar-refractivity contribution < 1.29 is 9.47 Å². The first-order chi connectivity index (χ1) is 4.43. The van der Waals surface area contributed by atoms with E-state index in [1.807, 2.05) is 11.8 Å². The molecule has 0 spiro atoms. The summed E-state index contributed by atoms with van der Waals surface area (Å²) in [5.74, 6) is 2.24. The Hall–Kier alpha value is 0.270. The van der Waals surface area contributed by atoms with Crippen LogP contribution in [0.25, 0.3) is 0 Å². The average Bonchev–Trinajstić information content (AvgIpc) is 2.63. The van der Waals surface area contributed by atoms with Gasteiger partial charge in [0.2, 0.25) is 0 Å². The Kier molecular flexibility index (Phi) is 3.40. The first kappa shape index (κ1) is 7.38. The number of epoxide rings is 1. The predicted molar refractivity (Wildman–Crippen MR) is 38.9 cm³/mol. The van der Waals surface area contributed by atoms with Gasteiger partial charge in [-0.25, -0.2) is 0 Å². The Morgan fingerprint density at radius 1 is 1.78 bits per heavy atom. The number of hydrogen-bond donors (Lipinski definition) is 0.